The SMILES string of the molecule is COC(C=O)N(C(C=O)OC)C(C=O)OC. The Morgan fingerprint density at radius 3 is 1.12 bits per heavy atom. The number of nitrogens with zero attached hydrogens (tertiary/aromatic N) is 1. The zero-order valence-electron chi connectivity index (χ0n) is 9.36. The van der Waals surface area contributed by atoms with Crippen LogP contribution in [-0.4, -0.2) is 63.8 Å². The first-order chi connectivity index (χ1) is 7.69. The van der Waals surface area contributed by atoms with Crippen molar-refractivity contribution in [1.29, 1.82) is 0 Å². The molecule has 0 aliphatic heterocycles. The summed E-state index contributed by atoms with van der Waals surface area (Å²) >= 11 is 0. The molecule has 0 N–H and O–H groups in total. The van der Waals surface area contributed by atoms with Crippen LogP contribution in [0.15, 0.2) is 0 Å². The minimum Gasteiger partial charge on any atom is -0.359 e. The highest BCUT2D eigenvalue weighted by Crippen LogP contribution is 2.10. The summed E-state index contributed by atoms with van der Waals surface area (Å²) in [5.41, 5.74) is 0. The average Bonchev–Trinajstić information content (AvgIpc) is 2.33. The molecular weight excluding hydrogens is 218 g/mol. The van der Waals surface area contributed by atoms with Crippen LogP contribution >= 0.6 is 0 Å². The van der Waals surface area contributed by atoms with Crippen LogP contribution < -0.4 is 0 Å². The van der Waals surface area contributed by atoms with Gasteiger partial charge in [0.2, 0.25) is 0 Å². The normalized spacial score (nSPS) is 16.5. The van der Waals surface area contributed by atoms with E-state index in [4.69, 9.17) is 14.2 Å². The maximum absolute atomic E-state index is 10.7. The molecule has 0 aliphatic rings. The van der Waals surface area contributed by atoms with Crippen LogP contribution in [0.1, 0.15) is 0 Å². The number of carbonyl (C=O) groups excluding carboxylic acids is 3. The van der Waals surface area contributed by atoms with E-state index in [0.29, 0.717) is 18.9 Å². The summed E-state index contributed by atoms with van der Waals surface area (Å²) in [6.07, 6.45) is -2.01. The Hall–Kier alpha value is -1.15. The van der Waals surface area contributed by atoms with Gasteiger partial charge in [-0.25, -0.2) is 4.90 Å². The maximum Gasteiger partial charge on any atom is 0.171 e. The number of carbonyl (C=O) groups is 3. The minimum atomic E-state index is -1.11. The molecule has 0 aromatic carbocycles. The van der Waals surface area contributed by atoms with Crippen LogP contribution in [0, 0.1) is 0 Å². The summed E-state index contributed by atoms with van der Waals surface area (Å²) in [7, 11) is 3.79. The Kier molecular flexibility index (Phi) is 7.48. The quantitative estimate of drug-likeness (QED) is 0.365. The van der Waals surface area contributed by atoms with Gasteiger partial charge in [-0.1, -0.05) is 0 Å². The van der Waals surface area contributed by atoms with Crippen LogP contribution in [-0.2, 0) is 28.6 Å². The lowest BCUT2D eigenvalue weighted by atomic mass is 10.4. The third kappa shape index (κ3) is 3.46. The van der Waals surface area contributed by atoms with Crippen molar-refractivity contribution in [3.63, 3.8) is 0 Å². The summed E-state index contributed by atoms with van der Waals surface area (Å²) < 4.78 is 14.4. The lowest BCUT2D eigenvalue weighted by Gasteiger charge is -2.33. The molecule has 0 spiro atoms. The molecule has 0 radical (unpaired) electrons. The summed E-state index contributed by atoms with van der Waals surface area (Å²) in [5.74, 6) is 0. The molecule has 0 saturated carbocycles. The maximum atomic E-state index is 10.7. The monoisotopic (exact) mass is 233 g/mol. The predicted octanol–water partition coefficient (Wildman–Crippen LogP) is -1.20. The number of rotatable bonds is 9. The highest BCUT2D eigenvalue weighted by molar-refractivity contribution is 5.64. The Morgan fingerprint density at radius 1 is 0.750 bits per heavy atom. The molecule has 0 fully saturated rings. The highest BCUT2D eigenvalue weighted by Gasteiger charge is 2.32. The van der Waals surface area contributed by atoms with Gasteiger partial charge in [-0.3, -0.25) is 14.4 Å². The van der Waals surface area contributed by atoms with Crippen molar-refractivity contribution in [3.8, 4) is 0 Å². The van der Waals surface area contributed by atoms with E-state index in [1.54, 1.807) is 0 Å². The third-order valence-electron chi connectivity index (χ3n) is 1.96. The minimum absolute atomic E-state index is 0.436. The van der Waals surface area contributed by atoms with E-state index in [1.807, 2.05) is 0 Å². The molecule has 0 bridgehead atoms. The molecule has 7 heteroatoms. The first-order valence-electron chi connectivity index (χ1n) is 4.41. The number of aldehydes is 3. The van der Waals surface area contributed by atoms with E-state index in [1.165, 1.54) is 21.3 Å². The first kappa shape index (κ1) is 14.8. The number of methoxy groups -OCH3 is 3. The van der Waals surface area contributed by atoms with Gasteiger partial charge < -0.3 is 14.2 Å². The van der Waals surface area contributed by atoms with E-state index >= 15 is 0 Å². The van der Waals surface area contributed by atoms with Crippen molar-refractivity contribution in [2.75, 3.05) is 21.3 Å². The van der Waals surface area contributed by atoms with Gasteiger partial charge in [0.15, 0.2) is 37.5 Å². The van der Waals surface area contributed by atoms with E-state index in [2.05, 4.69) is 0 Å². The molecule has 3 atom stereocenters. The van der Waals surface area contributed by atoms with E-state index in [9.17, 15) is 14.4 Å². The van der Waals surface area contributed by atoms with Crippen LogP contribution in [0.3, 0.4) is 0 Å². The number of ether oxygens (including phenoxy) is 3. The Morgan fingerprint density at radius 2 is 1.00 bits per heavy atom. The Bertz CT molecular complexity index is 196. The molecule has 0 aromatic heterocycles. The second-order valence-electron chi connectivity index (χ2n) is 2.73. The summed E-state index contributed by atoms with van der Waals surface area (Å²) in [4.78, 5) is 33.3. The fraction of sp³-hybridized carbons (Fsp3) is 0.667. The van der Waals surface area contributed by atoms with Gasteiger partial charge in [-0.2, -0.15) is 0 Å². The number of hydrogen-bond donors (Lipinski definition) is 0. The van der Waals surface area contributed by atoms with Crippen LogP contribution in [0.4, 0.5) is 0 Å². The second-order valence-corrected chi connectivity index (χ2v) is 2.73. The fourth-order valence-electron chi connectivity index (χ4n) is 1.18. The molecule has 7 nitrogen and oxygen atoms in total. The van der Waals surface area contributed by atoms with Gasteiger partial charge in [-0.05, 0) is 0 Å². The molecule has 0 aliphatic carbocycles. The summed E-state index contributed by atoms with van der Waals surface area (Å²) in [5, 5.41) is 0. The van der Waals surface area contributed by atoms with E-state index < -0.39 is 18.7 Å². The Labute approximate surface area is 93.2 Å². The molecule has 0 aromatic rings. The van der Waals surface area contributed by atoms with Gasteiger partial charge in [0.25, 0.3) is 0 Å². The molecule has 0 rings (SSSR count). The first-order valence-corrected chi connectivity index (χ1v) is 4.41. The molecule has 3 unspecified atom stereocenters. The highest BCUT2D eigenvalue weighted by atomic mass is 16.6. The second kappa shape index (κ2) is 8.05. The van der Waals surface area contributed by atoms with E-state index in [-0.39, 0.29) is 0 Å². The molecule has 0 amide bonds. The molecule has 0 heterocycles. The van der Waals surface area contributed by atoms with Gasteiger partial charge >= 0.3 is 0 Å². The Balaban J connectivity index is 5.05. The number of hydrogen-bond acceptors (Lipinski definition) is 7. The van der Waals surface area contributed by atoms with Gasteiger partial charge in [-0.15, -0.1) is 0 Å². The van der Waals surface area contributed by atoms with Gasteiger partial charge in [0.05, 0.1) is 0 Å². The van der Waals surface area contributed by atoms with Crippen molar-refractivity contribution >= 4 is 18.9 Å². The standard InChI is InChI=1S/C9H15NO6/c1-14-7(4-11)10(8(5-12)15-2)9(6-13)16-3/h4-9H,1-3H3. The van der Waals surface area contributed by atoms with Crippen LogP contribution in [0.2, 0.25) is 0 Å². The van der Waals surface area contributed by atoms with Crippen LogP contribution in [0.5, 0.6) is 0 Å². The van der Waals surface area contributed by atoms with Crippen molar-refractivity contribution in [2.45, 2.75) is 18.7 Å². The molecule has 0 saturated heterocycles. The zero-order chi connectivity index (χ0) is 12.6. The predicted molar refractivity (Wildman–Crippen MR) is 52.4 cm³/mol. The van der Waals surface area contributed by atoms with Gasteiger partial charge in [0, 0.05) is 21.3 Å². The average molecular weight is 233 g/mol. The zero-order valence-corrected chi connectivity index (χ0v) is 9.36. The molecule has 16 heavy (non-hydrogen) atoms. The van der Waals surface area contributed by atoms with Gasteiger partial charge in [0.1, 0.15) is 0 Å². The van der Waals surface area contributed by atoms with Crippen molar-refractivity contribution < 1.29 is 28.6 Å². The van der Waals surface area contributed by atoms with E-state index in [0.717, 1.165) is 4.90 Å². The summed E-state index contributed by atoms with van der Waals surface area (Å²) in [6, 6.07) is 0. The van der Waals surface area contributed by atoms with Crippen molar-refractivity contribution in [1.82, 2.24) is 4.90 Å². The third-order valence-corrected chi connectivity index (χ3v) is 1.96. The summed E-state index contributed by atoms with van der Waals surface area (Å²) in [6.45, 7) is 0. The lowest BCUT2D eigenvalue weighted by Crippen LogP contribution is -2.54. The van der Waals surface area contributed by atoms with Crippen molar-refractivity contribution in [3.05, 3.63) is 0 Å². The molecular formula is C9H15NO6. The lowest BCUT2D eigenvalue weighted by molar-refractivity contribution is -0.192. The van der Waals surface area contributed by atoms with Crippen LogP contribution in [0.25, 0.3) is 0 Å². The topological polar surface area (TPSA) is 82.1 Å². The fourth-order valence-corrected chi connectivity index (χ4v) is 1.18. The van der Waals surface area contributed by atoms with Crippen molar-refractivity contribution in [2.24, 2.45) is 0 Å². The largest absolute Gasteiger partial charge is 0.359 e. The smallest absolute Gasteiger partial charge is 0.171 e. The molecule has 92 valence electrons.